The van der Waals surface area contributed by atoms with Gasteiger partial charge in [0.05, 0.1) is 6.10 Å². The molecule has 0 unspecified atom stereocenters. The van der Waals surface area contributed by atoms with E-state index in [1.807, 2.05) is 18.3 Å². The van der Waals surface area contributed by atoms with Crippen LogP contribution in [0.3, 0.4) is 0 Å². The third-order valence-corrected chi connectivity index (χ3v) is 4.98. The normalized spacial score (nSPS) is 23.2. The Bertz CT molecular complexity index is 411. The molecule has 1 N–H and O–H groups in total. The van der Waals surface area contributed by atoms with Crippen molar-refractivity contribution in [2.24, 2.45) is 5.92 Å². The maximum absolute atomic E-state index is 10.4. The first-order valence-electron chi connectivity index (χ1n) is 8.39. The van der Waals surface area contributed by atoms with Crippen molar-refractivity contribution in [3.63, 3.8) is 0 Å². The van der Waals surface area contributed by atoms with Crippen LogP contribution in [-0.4, -0.2) is 53.8 Å². The molecule has 0 spiro atoms. The maximum atomic E-state index is 10.4. The van der Waals surface area contributed by atoms with Gasteiger partial charge < -0.3 is 10.0 Å². The van der Waals surface area contributed by atoms with Crippen LogP contribution in [0, 0.1) is 5.92 Å². The number of hydrogen-bond acceptors (Lipinski definition) is 4. The van der Waals surface area contributed by atoms with Gasteiger partial charge in [0.2, 0.25) is 0 Å². The molecule has 0 aromatic carbocycles. The molecule has 1 aromatic heterocycles. The number of rotatable bonds is 4. The molecule has 1 aromatic rings. The Kier molecular flexibility index (Phi) is 5.09. The largest absolute Gasteiger partial charge is 0.392 e. The second-order valence-corrected chi connectivity index (χ2v) is 6.44. The van der Waals surface area contributed by atoms with Crippen LogP contribution < -0.4 is 4.90 Å². The Morgan fingerprint density at radius 1 is 1.10 bits per heavy atom. The molecule has 1 aliphatic heterocycles. The second-order valence-electron chi connectivity index (χ2n) is 6.44. The molecule has 2 aliphatic rings. The Hall–Kier alpha value is -1.13. The molecule has 21 heavy (non-hydrogen) atoms. The van der Waals surface area contributed by atoms with Crippen LogP contribution in [0.1, 0.15) is 32.1 Å². The van der Waals surface area contributed by atoms with Crippen LogP contribution >= 0.6 is 0 Å². The zero-order chi connectivity index (χ0) is 14.5. The van der Waals surface area contributed by atoms with Crippen molar-refractivity contribution >= 4 is 5.82 Å². The monoisotopic (exact) mass is 289 g/mol. The van der Waals surface area contributed by atoms with Crippen LogP contribution in [0.5, 0.6) is 0 Å². The lowest BCUT2D eigenvalue weighted by atomic mass is 9.85. The number of aliphatic hydroxyl groups is 1. The number of aliphatic hydroxyl groups excluding tert-OH is 1. The molecule has 2 fully saturated rings. The van der Waals surface area contributed by atoms with Crippen LogP contribution in [0.4, 0.5) is 5.82 Å². The fourth-order valence-corrected chi connectivity index (χ4v) is 3.63. The van der Waals surface area contributed by atoms with Gasteiger partial charge in [-0.2, -0.15) is 0 Å². The van der Waals surface area contributed by atoms with E-state index in [0.29, 0.717) is 5.92 Å². The molecule has 0 bridgehead atoms. The van der Waals surface area contributed by atoms with Gasteiger partial charge in [0.25, 0.3) is 0 Å². The molecular weight excluding hydrogens is 262 g/mol. The molecule has 1 saturated carbocycles. The van der Waals surface area contributed by atoms with E-state index in [-0.39, 0.29) is 6.10 Å². The fourth-order valence-electron chi connectivity index (χ4n) is 3.63. The molecule has 0 radical (unpaired) electrons. The summed E-state index contributed by atoms with van der Waals surface area (Å²) in [6.07, 6.45) is 8.11. The van der Waals surface area contributed by atoms with Gasteiger partial charge >= 0.3 is 0 Å². The lowest BCUT2D eigenvalue weighted by molar-refractivity contribution is 0.0459. The van der Waals surface area contributed by atoms with Gasteiger partial charge in [0, 0.05) is 38.9 Å². The predicted molar refractivity (Wildman–Crippen MR) is 85.5 cm³/mol. The maximum Gasteiger partial charge on any atom is 0.128 e. The minimum atomic E-state index is -0.133. The van der Waals surface area contributed by atoms with Crippen LogP contribution in [0.2, 0.25) is 0 Å². The highest BCUT2D eigenvalue weighted by Gasteiger charge is 2.25. The van der Waals surface area contributed by atoms with Crippen LogP contribution in [-0.2, 0) is 0 Å². The first kappa shape index (κ1) is 14.8. The highest BCUT2D eigenvalue weighted by atomic mass is 16.3. The Balaban J connectivity index is 1.45. The van der Waals surface area contributed by atoms with Gasteiger partial charge in [-0.1, -0.05) is 25.3 Å². The molecule has 1 saturated heterocycles. The van der Waals surface area contributed by atoms with E-state index in [1.54, 1.807) is 0 Å². The average molecular weight is 289 g/mol. The minimum absolute atomic E-state index is 0.133. The molecule has 1 aliphatic carbocycles. The number of piperazine rings is 1. The summed E-state index contributed by atoms with van der Waals surface area (Å²) in [5, 5.41) is 10.4. The number of pyridine rings is 1. The van der Waals surface area contributed by atoms with E-state index in [9.17, 15) is 5.11 Å². The number of hydrogen-bond donors (Lipinski definition) is 1. The Labute approximate surface area is 127 Å². The van der Waals surface area contributed by atoms with E-state index in [0.717, 1.165) is 38.5 Å². The third-order valence-electron chi connectivity index (χ3n) is 4.98. The summed E-state index contributed by atoms with van der Waals surface area (Å²) in [6, 6.07) is 6.08. The number of nitrogens with zero attached hydrogens (tertiary/aromatic N) is 3. The molecule has 3 rings (SSSR count). The summed E-state index contributed by atoms with van der Waals surface area (Å²) in [5.74, 6) is 1.61. The zero-order valence-electron chi connectivity index (χ0n) is 12.8. The Morgan fingerprint density at radius 3 is 2.52 bits per heavy atom. The molecule has 4 nitrogen and oxygen atoms in total. The number of anilines is 1. The van der Waals surface area contributed by atoms with Gasteiger partial charge in [-0.15, -0.1) is 0 Å². The lowest BCUT2D eigenvalue weighted by Gasteiger charge is -2.37. The van der Waals surface area contributed by atoms with Gasteiger partial charge in [0.15, 0.2) is 0 Å². The highest BCUT2D eigenvalue weighted by molar-refractivity contribution is 5.38. The topological polar surface area (TPSA) is 39.6 Å². The van der Waals surface area contributed by atoms with Crippen molar-refractivity contribution in [1.29, 1.82) is 0 Å². The van der Waals surface area contributed by atoms with Gasteiger partial charge in [-0.3, -0.25) is 4.90 Å². The molecule has 0 amide bonds. The zero-order valence-corrected chi connectivity index (χ0v) is 12.8. The molecule has 1 atom stereocenters. The second kappa shape index (κ2) is 7.23. The summed E-state index contributed by atoms with van der Waals surface area (Å²) < 4.78 is 0. The summed E-state index contributed by atoms with van der Waals surface area (Å²) >= 11 is 0. The van der Waals surface area contributed by atoms with Crippen molar-refractivity contribution in [3.8, 4) is 0 Å². The fraction of sp³-hybridized carbons (Fsp3) is 0.706. The molecular formula is C17H27N3O. The third kappa shape index (κ3) is 3.95. The van der Waals surface area contributed by atoms with E-state index >= 15 is 0 Å². The van der Waals surface area contributed by atoms with Crippen LogP contribution in [0.15, 0.2) is 24.4 Å². The van der Waals surface area contributed by atoms with Crippen molar-refractivity contribution in [1.82, 2.24) is 9.88 Å². The van der Waals surface area contributed by atoms with Crippen molar-refractivity contribution in [3.05, 3.63) is 24.4 Å². The smallest absolute Gasteiger partial charge is 0.128 e. The number of aromatic nitrogens is 1. The van der Waals surface area contributed by atoms with Crippen molar-refractivity contribution in [2.75, 3.05) is 37.6 Å². The van der Waals surface area contributed by atoms with E-state index < -0.39 is 0 Å². The average Bonchev–Trinajstić information content (AvgIpc) is 2.57. The van der Waals surface area contributed by atoms with E-state index in [1.165, 1.54) is 32.1 Å². The standard InChI is InChI=1S/C17H27N3O/c21-16(15-6-2-1-3-7-15)14-19-10-12-20(13-11-19)17-8-4-5-9-18-17/h4-5,8-9,15-16,21H,1-3,6-7,10-14H2/t16-/m0/s1. The first-order chi connectivity index (χ1) is 10.3. The predicted octanol–water partition coefficient (Wildman–Crippen LogP) is 2.14. The molecule has 116 valence electrons. The highest BCUT2D eigenvalue weighted by Crippen LogP contribution is 2.27. The van der Waals surface area contributed by atoms with Gasteiger partial charge in [-0.05, 0) is 30.9 Å². The lowest BCUT2D eigenvalue weighted by Crippen LogP contribution is -2.49. The summed E-state index contributed by atoms with van der Waals surface area (Å²) in [6.45, 7) is 4.92. The van der Waals surface area contributed by atoms with Crippen molar-refractivity contribution < 1.29 is 5.11 Å². The summed E-state index contributed by atoms with van der Waals surface area (Å²) in [5.41, 5.74) is 0. The first-order valence-corrected chi connectivity index (χ1v) is 8.39. The molecule has 4 heteroatoms. The van der Waals surface area contributed by atoms with Gasteiger partial charge in [-0.25, -0.2) is 4.98 Å². The van der Waals surface area contributed by atoms with Gasteiger partial charge in [0.1, 0.15) is 5.82 Å². The quantitative estimate of drug-likeness (QED) is 0.922. The van der Waals surface area contributed by atoms with Crippen molar-refractivity contribution in [2.45, 2.75) is 38.2 Å². The van der Waals surface area contributed by atoms with E-state index in [2.05, 4.69) is 20.9 Å². The minimum Gasteiger partial charge on any atom is -0.392 e. The number of β-amino-alcohol motifs (C(OH)–C–C–N with tert-alkyl or cyclic N) is 1. The molecule has 2 heterocycles. The summed E-state index contributed by atoms with van der Waals surface area (Å²) in [7, 11) is 0. The van der Waals surface area contributed by atoms with E-state index in [4.69, 9.17) is 0 Å². The summed E-state index contributed by atoms with van der Waals surface area (Å²) in [4.78, 5) is 9.17. The van der Waals surface area contributed by atoms with Crippen LogP contribution in [0.25, 0.3) is 0 Å². The Morgan fingerprint density at radius 2 is 1.86 bits per heavy atom. The SMILES string of the molecule is O[C@@H](CN1CCN(c2ccccn2)CC1)C1CCCCC1.